The number of hydrogen-bond acceptors (Lipinski definition) is 6. The maximum absolute atomic E-state index is 12.4. The van der Waals surface area contributed by atoms with Crippen LogP contribution in [0.4, 0.5) is 0 Å². The zero-order chi connectivity index (χ0) is 16.2. The van der Waals surface area contributed by atoms with Gasteiger partial charge < -0.3 is 20.6 Å². The molecule has 3 N–H and O–H groups in total. The molecule has 124 valence electrons. The van der Waals surface area contributed by atoms with Crippen molar-refractivity contribution in [2.45, 2.75) is 31.4 Å². The summed E-state index contributed by atoms with van der Waals surface area (Å²) in [5.41, 5.74) is 6.23. The summed E-state index contributed by atoms with van der Waals surface area (Å²) in [6.45, 7) is 1.56. The second kappa shape index (κ2) is 6.78. The minimum atomic E-state index is -0.741. The molecule has 1 saturated heterocycles. The van der Waals surface area contributed by atoms with Gasteiger partial charge in [0.2, 0.25) is 6.10 Å². The van der Waals surface area contributed by atoms with Crippen LogP contribution < -0.4 is 11.1 Å². The number of amides is 2. The topological polar surface area (TPSA) is 121 Å². The Morgan fingerprint density at radius 2 is 2.17 bits per heavy atom. The molecule has 0 bridgehead atoms. The molecule has 2 aliphatic rings. The summed E-state index contributed by atoms with van der Waals surface area (Å²) in [4.78, 5) is 28.3. The van der Waals surface area contributed by atoms with E-state index in [0.717, 1.165) is 12.8 Å². The number of oxime groups is 1. The molecule has 23 heavy (non-hydrogen) atoms. The number of aromatic nitrogens is 2. The van der Waals surface area contributed by atoms with Gasteiger partial charge in [-0.25, -0.2) is 0 Å². The van der Waals surface area contributed by atoms with Gasteiger partial charge in [0.25, 0.3) is 11.8 Å². The fourth-order valence-electron chi connectivity index (χ4n) is 2.67. The summed E-state index contributed by atoms with van der Waals surface area (Å²) >= 11 is 0. The van der Waals surface area contributed by atoms with E-state index in [1.807, 2.05) is 0 Å². The van der Waals surface area contributed by atoms with Crippen molar-refractivity contribution in [1.82, 2.24) is 15.1 Å². The van der Waals surface area contributed by atoms with Crippen LogP contribution in [0.3, 0.4) is 0 Å². The Hall–Kier alpha value is -2.42. The molecule has 0 saturated carbocycles. The van der Waals surface area contributed by atoms with Crippen molar-refractivity contribution in [3.05, 3.63) is 18.0 Å². The molecule has 1 unspecified atom stereocenters. The SMILES string of the molecule is NC(=O)C1CC(CNC(=O)c2ccnn2C2CCOCC2)=NO1. The van der Waals surface area contributed by atoms with E-state index in [2.05, 4.69) is 15.6 Å². The summed E-state index contributed by atoms with van der Waals surface area (Å²) in [7, 11) is 0. The average molecular weight is 321 g/mol. The summed E-state index contributed by atoms with van der Waals surface area (Å²) in [6.07, 6.45) is 2.85. The highest BCUT2D eigenvalue weighted by atomic mass is 16.6. The molecule has 2 amide bonds. The lowest BCUT2D eigenvalue weighted by Crippen LogP contribution is -2.34. The van der Waals surface area contributed by atoms with Crippen LogP contribution in [0.1, 0.15) is 35.8 Å². The Balaban J connectivity index is 1.57. The van der Waals surface area contributed by atoms with Crippen molar-refractivity contribution in [3.63, 3.8) is 0 Å². The monoisotopic (exact) mass is 321 g/mol. The molecule has 9 nitrogen and oxygen atoms in total. The van der Waals surface area contributed by atoms with E-state index < -0.39 is 12.0 Å². The molecular weight excluding hydrogens is 302 g/mol. The van der Waals surface area contributed by atoms with Crippen LogP contribution in [0, 0.1) is 0 Å². The lowest BCUT2D eigenvalue weighted by atomic mass is 10.1. The number of carbonyl (C=O) groups is 2. The number of rotatable bonds is 5. The molecule has 9 heteroatoms. The lowest BCUT2D eigenvalue weighted by Gasteiger charge is -2.23. The van der Waals surface area contributed by atoms with Gasteiger partial charge in [-0.05, 0) is 18.9 Å². The maximum Gasteiger partial charge on any atom is 0.269 e. The Morgan fingerprint density at radius 3 is 2.87 bits per heavy atom. The Bertz CT molecular complexity index is 620. The van der Waals surface area contributed by atoms with Gasteiger partial charge in [0.05, 0.1) is 18.3 Å². The van der Waals surface area contributed by atoms with E-state index >= 15 is 0 Å². The molecule has 0 aromatic carbocycles. The Morgan fingerprint density at radius 1 is 1.39 bits per heavy atom. The molecule has 1 fully saturated rings. The average Bonchev–Trinajstić information content (AvgIpc) is 3.23. The first-order valence-corrected chi connectivity index (χ1v) is 7.55. The largest absolute Gasteiger partial charge is 0.382 e. The molecule has 3 rings (SSSR count). The summed E-state index contributed by atoms with van der Waals surface area (Å²) in [5, 5.41) is 10.8. The lowest BCUT2D eigenvalue weighted by molar-refractivity contribution is -0.127. The summed E-state index contributed by atoms with van der Waals surface area (Å²) < 4.78 is 7.08. The molecule has 2 aliphatic heterocycles. The molecule has 1 aromatic rings. The van der Waals surface area contributed by atoms with Crippen molar-refractivity contribution >= 4 is 17.5 Å². The van der Waals surface area contributed by atoms with Crippen LogP contribution in [0.15, 0.2) is 17.4 Å². The van der Waals surface area contributed by atoms with Gasteiger partial charge in [0, 0.05) is 25.8 Å². The van der Waals surface area contributed by atoms with Gasteiger partial charge in [-0.2, -0.15) is 5.10 Å². The molecule has 0 radical (unpaired) electrons. The third kappa shape index (κ3) is 3.50. The van der Waals surface area contributed by atoms with Gasteiger partial charge in [-0.1, -0.05) is 5.16 Å². The molecular formula is C14H19N5O4. The number of carbonyl (C=O) groups excluding carboxylic acids is 2. The highest BCUT2D eigenvalue weighted by molar-refractivity contribution is 5.98. The first-order chi connectivity index (χ1) is 11.1. The predicted molar refractivity (Wildman–Crippen MR) is 79.8 cm³/mol. The first kappa shape index (κ1) is 15.5. The minimum absolute atomic E-state index is 0.172. The van der Waals surface area contributed by atoms with Crippen LogP contribution >= 0.6 is 0 Å². The number of nitrogens with zero attached hydrogens (tertiary/aromatic N) is 3. The van der Waals surface area contributed by atoms with Crippen molar-refractivity contribution < 1.29 is 19.2 Å². The van der Waals surface area contributed by atoms with Gasteiger partial charge in [-0.3, -0.25) is 14.3 Å². The quantitative estimate of drug-likeness (QED) is 0.764. The van der Waals surface area contributed by atoms with Gasteiger partial charge in [-0.15, -0.1) is 0 Å². The van der Waals surface area contributed by atoms with Crippen molar-refractivity contribution in [3.8, 4) is 0 Å². The zero-order valence-corrected chi connectivity index (χ0v) is 12.6. The number of hydrogen-bond donors (Lipinski definition) is 2. The smallest absolute Gasteiger partial charge is 0.269 e. The van der Waals surface area contributed by atoms with Gasteiger partial charge >= 0.3 is 0 Å². The second-order valence-electron chi connectivity index (χ2n) is 5.55. The molecule has 1 aromatic heterocycles. The standard InChI is InChI=1S/C14H19N5O4/c15-13(20)12-7-9(18-23-12)8-16-14(21)11-1-4-17-19(11)10-2-5-22-6-3-10/h1,4,10,12H,2-3,5-8H2,(H2,15,20)(H,16,21). The van der Waals surface area contributed by atoms with Crippen LogP contribution in [0.25, 0.3) is 0 Å². The van der Waals surface area contributed by atoms with Crippen LogP contribution in [-0.4, -0.2) is 53.2 Å². The Labute approximate surface area is 132 Å². The molecule has 0 spiro atoms. The van der Waals surface area contributed by atoms with Crippen molar-refractivity contribution in [1.29, 1.82) is 0 Å². The van der Waals surface area contributed by atoms with Crippen LogP contribution in [-0.2, 0) is 14.4 Å². The van der Waals surface area contributed by atoms with E-state index in [9.17, 15) is 9.59 Å². The molecule has 1 atom stereocenters. The highest BCUT2D eigenvalue weighted by Crippen LogP contribution is 2.21. The molecule has 3 heterocycles. The zero-order valence-electron chi connectivity index (χ0n) is 12.6. The first-order valence-electron chi connectivity index (χ1n) is 7.55. The number of ether oxygens (including phenoxy) is 1. The third-order valence-electron chi connectivity index (χ3n) is 3.94. The fourth-order valence-corrected chi connectivity index (χ4v) is 2.67. The summed E-state index contributed by atoms with van der Waals surface area (Å²) in [6, 6.07) is 1.86. The van der Waals surface area contributed by atoms with E-state index in [1.54, 1.807) is 16.9 Å². The second-order valence-corrected chi connectivity index (χ2v) is 5.55. The van der Waals surface area contributed by atoms with E-state index in [4.69, 9.17) is 15.3 Å². The predicted octanol–water partition coefficient (Wildman–Crippen LogP) is -0.405. The van der Waals surface area contributed by atoms with Crippen LogP contribution in [0.5, 0.6) is 0 Å². The van der Waals surface area contributed by atoms with Crippen LogP contribution in [0.2, 0.25) is 0 Å². The highest BCUT2D eigenvalue weighted by Gasteiger charge is 2.27. The molecule has 0 aliphatic carbocycles. The van der Waals surface area contributed by atoms with Crippen molar-refractivity contribution in [2.75, 3.05) is 19.8 Å². The minimum Gasteiger partial charge on any atom is -0.382 e. The van der Waals surface area contributed by atoms with E-state index in [1.165, 1.54) is 0 Å². The number of nitrogens with one attached hydrogen (secondary N) is 1. The van der Waals surface area contributed by atoms with Crippen molar-refractivity contribution in [2.24, 2.45) is 10.9 Å². The van der Waals surface area contributed by atoms with Gasteiger partial charge in [0.1, 0.15) is 5.69 Å². The maximum atomic E-state index is 12.4. The number of primary amides is 1. The third-order valence-corrected chi connectivity index (χ3v) is 3.94. The van der Waals surface area contributed by atoms with E-state index in [-0.39, 0.29) is 18.5 Å². The summed E-state index contributed by atoms with van der Waals surface area (Å²) in [5.74, 6) is -0.799. The van der Waals surface area contributed by atoms with Gasteiger partial charge in [0.15, 0.2) is 0 Å². The number of nitrogens with two attached hydrogens (primary N) is 1. The Kier molecular flexibility index (Phi) is 4.56. The fraction of sp³-hybridized carbons (Fsp3) is 0.571. The van der Waals surface area contributed by atoms with E-state index in [0.29, 0.717) is 31.0 Å². The normalized spacial score (nSPS) is 21.6.